The summed E-state index contributed by atoms with van der Waals surface area (Å²) in [5.74, 6) is -1.29. The Morgan fingerprint density at radius 1 is 1.24 bits per heavy atom. The maximum atomic E-state index is 11.5. The van der Waals surface area contributed by atoms with Gasteiger partial charge < -0.3 is 10.1 Å². The number of nitrogens with zero attached hydrogens (tertiary/aromatic N) is 1. The van der Waals surface area contributed by atoms with Crippen molar-refractivity contribution in [2.75, 3.05) is 13.2 Å². The van der Waals surface area contributed by atoms with Crippen molar-refractivity contribution in [1.29, 1.82) is 0 Å². The van der Waals surface area contributed by atoms with Gasteiger partial charge in [-0.25, -0.2) is 9.59 Å². The van der Waals surface area contributed by atoms with E-state index in [1.807, 2.05) is 19.2 Å². The second-order valence-electron chi connectivity index (χ2n) is 5.44. The van der Waals surface area contributed by atoms with Crippen molar-refractivity contribution in [3.05, 3.63) is 46.0 Å². The summed E-state index contributed by atoms with van der Waals surface area (Å²) in [6.07, 6.45) is 2.46. The van der Waals surface area contributed by atoms with Gasteiger partial charge in [0.15, 0.2) is 6.61 Å². The van der Waals surface area contributed by atoms with E-state index in [-0.39, 0.29) is 11.6 Å². The molecule has 1 aromatic rings. The number of amides is 3. The average molecular weight is 349 g/mol. The molecule has 25 heavy (non-hydrogen) atoms. The van der Waals surface area contributed by atoms with Crippen LogP contribution in [0.4, 0.5) is 10.5 Å². The summed E-state index contributed by atoms with van der Waals surface area (Å²) in [5.41, 5.74) is 0.493. The molecular formula is C16H19N3O6. The minimum Gasteiger partial charge on any atom is -0.452 e. The van der Waals surface area contributed by atoms with E-state index in [2.05, 4.69) is 10.1 Å². The van der Waals surface area contributed by atoms with E-state index in [0.29, 0.717) is 12.1 Å². The van der Waals surface area contributed by atoms with Gasteiger partial charge >= 0.3 is 12.0 Å². The molecule has 0 heterocycles. The average Bonchev–Trinajstić information content (AvgIpc) is 2.56. The van der Waals surface area contributed by atoms with Crippen LogP contribution in [0.3, 0.4) is 0 Å². The number of carbonyl (C=O) groups is 3. The number of hydrogen-bond donors (Lipinski definition) is 2. The Labute approximate surface area is 144 Å². The molecule has 0 aliphatic rings. The van der Waals surface area contributed by atoms with Crippen molar-refractivity contribution in [1.82, 2.24) is 10.6 Å². The van der Waals surface area contributed by atoms with Crippen LogP contribution in [0.5, 0.6) is 0 Å². The fraction of sp³-hybridized carbons (Fsp3) is 0.312. The Hall–Kier alpha value is -3.23. The predicted octanol–water partition coefficient (Wildman–Crippen LogP) is 1.63. The monoisotopic (exact) mass is 349 g/mol. The molecule has 0 radical (unpaired) electrons. The molecule has 3 amide bonds. The van der Waals surface area contributed by atoms with Gasteiger partial charge in [0.05, 0.1) is 4.92 Å². The van der Waals surface area contributed by atoms with E-state index in [1.165, 1.54) is 30.3 Å². The van der Waals surface area contributed by atoms with Gasteiger partial charge in [0.1, 0.15) is 0 Å². The first-order valence-corrected chi connectivity index (χ1v) is 7.45. The van der Waals surface area contributed by atoms with Gasteiger partial charge in [-0.15, -0.1) is 0 Å². The van der Waals surface area contributed by atoms with E-state index in [4.69, 9.17) is 0 Å². The first-order valence-electron chi connectivity index (χ1n) is 7.45. The number of urea groups is 1. The predicted molar refractivity (Wildman–Crippen MR) is 89.5 cm³/mol. The van der Waals surface area contributed by atoms with Crippen molar-refractivity contribution in [2.45, 2.75) is 13.8 Å². The third-order valence-electron chi connectivity index (χ3n) is 2.79. The molecule has 9 heteroatoms. The van der Waals surface area contributed by atoms with Gasteiger partial charge in [-0.3, -0.25) is 20.2 Å². The van der Waals surface area contributed by atoms with Crippen molar-refractivity contribution in [3.63, 3.8) is 0 Å². The third kappa shape index (κ3) is 8.26. The van der Waals surface area contributed by atoms with E-state index in [1.54, 1.807) is 0 Å². The second kappa shape index (κ2) is 9.81. The maximum Gasteiger partial charge on any atom is 0.331 e. The van der Waals surface area contributed by atoms with E-state index in [0.717, 1.165) is 6.08 Å². The zero-order chi connectivity index (χ0) is 18.8. The molecule has 0 spiro atoms. The Morgan fingerprint density at radius 2 is 1.88 bits per heavy atom. The van der Waals surface area contributed by atoms with Crippen LogP contribution in [0.25, 0.3) is 6.08 Å². The minimum atomic E-state index is -0.781. The molecule has 1 rings (SSSR count). The third-order valence-corrected chi connectivity index (χ3v) is 2.79. The molecule has 0 saturated heterocycles. The normalized spacial score (nSPS) is 10.5. The van der Waals surface area contributed by atoms with E-state index >= 15 is 0 Å². The molecular weight excluding hydrogens is 330 g/mol. The highest BCUT2D eigenvalue weighted by Crippen LogP contribution is 2.12. The number of nitrogens with one attached hydrogen (secondary N) is 2. The van der Waals surface area contributed by atoms with Crippen LogP contribution in [0.1, 0.15) is 19.4 Å². The maximum absolute atomic E-state index is 11.5. The lowest BCUT2D eigenvalue weighted by atomic mass is 10.2. The van der Waals surface area contributed by atoms with Gasteiger partial charge in [0.2, 0.25) is 0 Å². The molecule has 0 bridgehead atoms. The van der Waals surface area contributed by atoms with Crippen LogP contribution in [0, 0.1) is 16.0 Å². The van der Waals surface area contributed by atoms with Crippen LogP contribution in [0.2, 0.25) is 0 Å². The van der Waals surface area contributed by atoms with Crippen LogP contribution in [0.15, 0.2) is 30.3 Å². The van der Waals surface area contributed by atoms with Gasteiger partial charge in [0, 0.05) is 24.8 Å². The highest BCUT2D eigenvalue weighted by atomic mass is 16.6. The largest absolute Gasteiger partial charge is 0.452 e. The summed E-state index contributed by atoms with van der Waals surface area (Å²) >= 11 is 0. The molecule has 9 nitrogen and oxygen atoms in total. The second-order valence-corrected chi connectivity index (χ2v) is 5.44. The standard InChI is InChI=1S/C16H19N3O6/c1-11(2)9-17-16(22)18-14(20)10-25-15(21)8-5-12-3-6-13(7-4-12)19(23)24/h3-8,11H,9-10H2,1-2H3,(H2,17,18,20,22)/b8-5+. The number of imide groups is 1. The zero-order valence-corrected chi connectivity index (χ0v) is 13.9. The molecule has 0 unspecified atom stereocenters. The van der Waals surface area contributed by atoms with E-state index in [9.17, 15) is 24.5 Å². The number of rotatable bonds is 7. The first-order chi connectivity index (χ1) is 11.8. The topological polar surface area (TPSA) is 128 Å². The Morgan fingerprint density at radius 3 is 2.44 bits per heavy atom. The number of carbonyl (C=O) groups excluding carboxylic acids is 3. The number of hydrogen-bond acceptors (Lipinski definition) is 6. The number of nitro groups is 1. The molecule has 0 aliphatic heterocycles. The molecule has 0 saturated carbocycles. The van der Waals surface area contributed by atoms with Gasteiger partial charge in [-0.1, -0.05) is 13.8 Å². The number of ether oxygens (including phenoxy) is 1. The number of nitro benzene ring substituents is 1. The lowest BCUT2D eigenvalue weighted by Crippen LogP contribution is -2.42. The van der Waals surface area contributed by atoms with Crippen molar-refractivity contribution in [2.24, 2.45) is 5.92 Å². The highest BCUT2D eigenvalue weighted by molar-refractivity contribution is 5.96. The van der Waals surface area contributed by atoms with Gasteiger partial charge in [-0.05, 0) is 29.7 Å². The number of esters is 1. The van der Waals surface area contributed by atoms with Crippen molar-refractivity contribution >= 4 is 29.7 Å². The molecule has 0 aromatic heterocycles. The lowest BCUT2D eigenvalue weighted by molar-refractivity contribution is -0.384. The van der Waals surface area contributed by atoms with Crippen LogP contribution in [-0.4, -0.2) is 36.0 Å². The Balaban J connectivity index is 2.37. The SMILES string of the molecule is CC(C)CNC(=O)NC(=O)COC(=O)/C=C/c1ccc([N+](=O)[O-])cc1. The first kappa shape index (κ1) is 19.8. The minimum absolute atomic E-state index is 0.0628. The quantitative estimate of drug-likeness (QED) is 0.333. The Kier molecular flexibility index (Phi) is 7.77. The van der Waals surface area contributed by atoms with Gasteiger partial charge in [-0.2, -0.15) is 0 Å². The fourth-order valence-electron chi connectivity index (χ4n) is 1.56. The molecule has 0 fully saturated rings. The lowest BCUT2D eigenvalue weighted by Gasteiger charge is -2.08. The smallest absolute Gasteiger partial charge is 0.331 e. The van der Waals surface area contributed by atoms with Crippen molar-refractivity contribution < 1.29 is 24.0 Å². The summed E-state index contributed by atoms with van der Waals surface area (Å²) in [6, 6.07) is 4.88. The van der Waals surface area contributed by atoms with Crippen molar-refractivity contribution in [3.8, 4) is 0 Å². The highest BCUT2D eigenvalue weighted by Gasteiger charge is 2.10. The molecule has 2 N–H and O–H groups in total. The summed E-state index contributed by atoms with van der Waals surface area (Å²) < 4.78 is 4.69. The number of benzene rings is 1. The van der Waals surface area contributed by atoms with Crippen LogP contribution >= 0.6 is 0 Å². The van der Waals surface area contributed by atoms with Crippen LogP contribution < -0.4 is 10.6 Å². The molecule has 0 atom stereocenters. The fourth-order valence-corrected chi connectivity index (χ4v) is 1.56. The Bertz CT molecular complexity index is 667. The van der Waals surface area contributed by atoms with Crippen LogP contribution in [-0.2, 0) is 14.3 Å². The van der Waals surface area contributed by atoms with Gasteiger partial charge in [0.25, 0.3) is 11.6 Å². The molecule has 134 valence electrons. The summed E-state index contributed by atoms with van der Waals surface area (Å²) in [6.45, 7) is 3.62. The molecule has 0 aliphatic carbocycles. The summed E-state index contributed by atoms with van der Waals surface area (Å²) in [4.78, 5) is 44.3. The van der Waals surface area contributed by atoms with E-state index < -0.39 is 29.4 Å². The molecule has 1 aromatic carbocycles. The number of non-ortho nitro benzene ring substituents is 1. The summed E-state index contributed by atoms with van der Waals surface area (Å²) in [7, 11) is 0. The zero-order valence-electron chi connectivity index (χ0n) is 13.9. The summed E-state index contributed by atoms with van der Waals surface area (Å²) in [5, 5.41) is 15.0.